The molecule has 0 saturated heterocycles. The molecule has 4 rings (SSSR count). The lowest BCUT2D eigenvalue weighted by molar-refractivity contribution is 0.0928. The topological polar surface area (TPSA) is 47.2 Å². The maximum Gasteiger partial charge on any atom is 0.268 e. The van der Waals surface area contributed by atoms with E-state index in [2.05, 4.69) is 9.88 Å². The average Bonchev–Trinajstić information content (AvgIpc) is 3.13. The fourth-order valence-corrected chi connectivity index (χ4v) is 3.39. The molecule has 1 N–H and O–H groups in total. The lowest BCUT2D eigenvalue weighted by Gasteiger charge is -2.27. The molecule has 1 amide bonds. The summed E-state index contributed by atoms with van der Waals surface area (Å²) in [4.78, 5) is 12.8. The zero-order chi connectivity index (χ0) is 16.5. The average molecular weight is 322 g/mol. The van der Waals surface area contributed by atoms with Gasteiger partial charge >= 0.3 is 0 Å². The molecule has 0 aliphatic heterocycles. The van der Waals surface area contributed by atoms with Gasteiger partial charge in [-0.15, -0.1) is 0 Å². The maximum atomic E-state index is 12.8. The van der Waals surface area contributed by atoms with Crippen LogP contribution >= 0.6 is 0 Å². The van der Waals surface area contributed by atoms with Crippen LogP contribution in [0.15, 0.2) is 53.1 Å². The fourth-order valence-electron chi connectivity index (χ4n) is 3.39. The normalized spacial score (nSPS) is 16.0. The standard InChI is InChI=1S/C20H22N2O2/c1-14(16-8-3-2-4-9-16)21-20(23)18-12-19-17(10-11-24-19)22(18)13-15-6-5-7-15/h2-4,8-12,14-15H,5-7,13H2,1H3,(H,21,23)/t14-/m0/s1. The zero-order valence-corrected chi connectivity index (χ0v) is 13.9. The number of benzene rings is 1. The summed E-state index contributed by atoms with van der Waals surface area (Å²) in [6.07, 6.45) is 5.49. The van der Waals surface area contributed by atoms with Crippen LogP contribution in [0.2, 0.25) is 0 Å². The minimum absolute atomic E-state index is 0.0305. The minimum Gasteiger partial charge on any atom is -0.463 e. The highest BCUT2D eigenvalue weighted by atomic mass is 16.3. The van der Waals surface area contributed by atoms with Gasteiger partial charge in [-0.2, -0.15) is 0 Å². The van der Waals surface area contributed by atoms with Gasteiger partial charge in [0, 0.05) is 18.7 Å². The highest BCUT2D eigenvalue weighted by Gasteiger charge is 2.24. The summed E-state index contributed by atoms with van der Waals surface area (Å²) in [6, 6.07) is 13.8. The molecule has 1 aliphatic rings. The molecule has 3 aromatic rings. The number of furan rings is 1. The highest BCUT2D eigenvalue weighted by Crippen LogP contribution is 2.31. The summed E-state index contributed by atoms with van der Waals surface area (Å²) in [5.74, 6) is 0.630. The second kappa shape index (κ2) is 6.19. The van der Waals surface area contributed by atoms with Crippen molar-refractivity contribution in [3.63, 3.8) is 0 Å². The first-order valence-electron chi connectivity index (χ1n) is 8.65. The van der Waals surface area contributed by atoms with Crippen LogP contribution in [0.5, 0.6) is 0 Å². The molecule has 1 fully saturated rings. The Morgan fingerprint density at radius 1 is 1.29 bits per heavy atom. The van der Waals surface area contributed by atoms with Gasteiger partial charge < -0.3 is 14.3 Å². The van der Waals surface area contributed by atoms with Crippen LogP contribution in [0, 0.1) is 5.92 Å². The summed E-state index contributed by atoms with van der Waals surface area (Å²) in [5, 5.41) is 3.11. The highest BCUT2D eigenvalue weighted by molar-refractivity contribution is 5.97. The first kappa shape index (κ1) is 15.1. The van der Waals surface area contributed by atoms with Crippen LogP contribution < -0.4 is 5.32 Å². The van der Waals surface area contributed by atoms with Gasteiger partial charge in [0.15, 0.2) is 5.58 Å². The number of hydrogen-bond donors (Lipinski definition) is 1. The van der Waals surface area contributed by atoms with Crippen molar-refractivity contribution < 1.29 is 9.21 Å². The zero-order valence-electron chi connectivity index (χ0n) is 13.9. The van der Waals surface area contributed by atoms with Crippen molar-refractivity contribution in [1.82, 2.24) is 9.88 Å². The van der Waals surface area contributed by atoms with E-state index in [4.69, 9.17) is 4.42 Å². The van der Waals surface area contributed by atoms with Gasteiger partial charge in [-0.3, -0.25) is 4.79 Å². The molecular formula is C20H22N2O2. The number of carbonyl (C=O) groups excluding carboxylic acids is 1. The van der Waals surface area contributed by atoms with Crippen molar-refractivity contribution >= 4 is 17.0 Å². The predicted octanol–water partition coefficient (Wildman–Crippen LogP) is 4.53. The van der Waals surface area contributed by atoms with Crippen LogP contribution in [-0.2, 0) is 6.54 Å². The van der Waals surface area contributed by atoms with Gasteiger partial charge in [0.05, 0.1) is 17.8 Å². The molecule has 1 aromatic carbocycles. The third-order valence-corrected chi connectivity index (χ3v) is 5.07. The molecule has 1 aliphatic carbocycles. The molecule has 2 aromatic heterocycles. The van der Waals surface area contributed by atoms with Crippen molar-refractivity contribution in [2.75, 3.05) is 0 Å². The Bertz CT molecular complexity index is 843. The Kier molecular flexibility index (Phi) is 3.89. The van der Waals surface area contributed by atoms with E-state index in [1.54, 1.807) is 6.26 Å². The van der Waals surface area contributed by atoms with E-state index in [0.717, 1.165) is 23.2 Å². The van der Waals surface area contributed by atoms with Crippen molar-refractivity contribution in [2.45, 2.75) is 38.8 Å². The molecule has 4 nitrogen and oxygen atoms in total. The third kappa shape index (κ3) is 2.73. The van der Waals surface area contributed by atoms with E-state index < -0.39 is 0 Å². The van der Waals surface area contributed by atoms with Crippen LogP contribution in [0.1, 0.15) is 48.3 Å². The van der Waals surface area contributed by atoms with Gasteiger partial charge in [-0.25, -0.2) is 0 Å². The molecule has 0 spiro atoms. The molecule has 4 heteroatoms. The molecule has 0 bridgehead atoms. The number of nitrogens with one attached hydrogen (secondary N) is 1. The predicted molar refractivity (Wildman–Crippen MR) is 93.9 cm³/mol. The van der Waals surface area contributed by atoms with Crippen molar-refractivity contribution in [3.05, 3.63) is 60.0 Å². The Labute approximate surface area is 141 Å². The number of aromatic nitrogens is 1. The second-order valence-corrected chi connectivity index (χ2v) is 6.71. The van der Waals surface area contributed by atoms with Gasteiger partial charge in [0.25, 0.3) is 5.91 Å². The van der Waals surface area contributed by atoms with Crippen LogP contribution in [0.25, 0.3) is 11.1 Å². The lowest BCUT2D eigenvalue weighted by atomic mass is 9.85. The molecular weight excluding hydrogens is 300 g/mol. The monoisotopic (exact) mass is 322 g/mol. The summed E-state index contributed by atoms with van der Waals surface area (Å²) >= 11 is 0. The third-order valence-electron chi connectivity index (χ3n) is 5.07. The summed E-state index contributed by atoms with van der Waals surface area (Å²) < 4.78 is 7.63. The molecule has 1 saturated carbocycles. The van der Waals surface area contributed by atoms with E-state index in [9.17, 15) is 4.79 Å². The minimum atomic E-state index is -0.0444. The van der Waals surface area contributed by atoms with Gasteiger partial charge in [-0.1, -0.05) is 36.8 Å². The number of rotatable bonds is 5. The van der Waals surface area contributed by atoms with Gasteiger partial charge in [-0.05, 0) is 31.2 Å². The van der Waals surface area contributed by atoms with E-state index in [1.165, 1.54) is 19.3 Å². The second-order valence-electron chi connectivity index (χ2n) is 6.71. The van der Waals surface area contributed by atoms with E-state index >= 15 is 0 Å². The van der Waals surface area contributed by atoms with E-state index in [-0.39, 0.29) is 11.9 Å². The molecule has 2 heterocycles. The first-order valence-corrected chi connectivity index (χ1v) is 8.65. The van der Waals surface area contributed by atoms with Crippen LogP contribution in [0.3, 0.4) is 0 Å². The quantitative estimate of drug-likeness (QED) is 0.750. The molecule has 24 heavy (non-hydrogen) atoms. The maximum absolute atomic E-state index is 12.8. The SMILES string of the molecule is C[C@H](NC(=O)c1cc2occc2n1CC1CCC1)c1ccccc1. The van der Waals surface area contributed by atoms with E-state index in [0.29, 0.717) is 11.6 Å². The van der Waals surface area contributed by atoms with Crippen molar-refractivity contribution in [1.29, 1.82) is 0 Å². The smallest absolute Gasteiger partial charge is 0.268 e. The number of nitrogens with zero attached hydrogens (tertiary/aromatic N) is 1. The van der Waals surface area contributed by atoms with Crippen LogP contribution in [-0.4, -0.2) is 10.5 Å². The number of carbonyl (C=O) groups is 1. The summed E-state index contributed by atoms with van der Waals surface area (Å²) in [5.41, 5.74) is 3.59. The largest absolute Gasteiger partial charge is 0.463 e. The first-order chi connectivity index (χ1) is 11.7. The Hall–Kier alpha value is -2.49. The lowest BCUT2D eigenvalue weighted by Crippen LogP contribution is -2.30. The molecule has 0 unspecified atom stereocenters. The van der Waals surface area contributed by atoms with Crippen molar-refractivity contribution in [3.8, 4) is 0 Å². The molecule has 0 radical (unpaired) electrons. The molecule has 1 atom stereocenters. The molecule has 124 valence electrons. The number of amides is 1. The summed E-state index contributed by atoms with van der Waals surface area (Å²) in [7, 11) is 0. The van der Waals surface area contributed by atoms with Crippen LogP contribution in [0.4, 0.5) is 0 Å². The number of fused-ring (bicyclic) bond motifs is 1. The van der Waals surface area contributed by atoms with Crippen molar-refractivity contribution in [2.24, 2.45) is 5.92 Å². The number of hydrogen-bond acceptors (Lipinski definition) is 2. The Balaban J connectivity index is 1.59. The van der Waals surface area contributed by atoms with Gasteiger partial charge in [0.1, 0.15) is 5.69 Å². The Morgan fingerprint density at radius 3 is 2.79 bits per heavy atom. The van der Waals surface area contributed by atoms with Gasteiger partial charge in [0.2, 0.25) is 0 Å². The summed E-state index contributed by atoms with van der Waals surface area (Å²) in [6.45, 7) is 2.90. The Morgan fingerprint density at radius 2 is 2.08 bits per heavy atom. The van der Waals surface area contributed by atoms with E-state index in [1.807, 2.05) is 49.4 Å². The fraction of sp³-hybridized carbons (Fsp3) is 0.350.